The number of rotatable bonds is 4. The molecule has 0 aliphatic carbocycles. The molecular weight excluding hydrogens is 274 g/mol. The molecule has 4 nitrogen and oxygen atoms in total. The van der Waals surface area contributed by atoms with Crippen LogP contribution in [0.3, 0.4) is 0 Å². The van der Waals surface area contributed by atoms with Gasteiger partial charge in [0.25, 0.3) is 0 Å². The van der Waals surface area contributed by atoms with Crippen LogP contribution >= 0.6 is 0 Å². The van der Waals surface area contributed by atoms with Crippen LogP contribution in [0.15, 0.2) is 24.4 Å². The Hall–Kier alpha value is -1.65. The van der Waals surface area contributed by atoms with Crippen LogP contribution in [-0.4, -0.2) is 48.8 Å². The van der Waals surface area contributed by atoms with Crippen molar-refractivity contribution in [1.29, 1.82) is 0 Å². The molecule has 1 fully saturated rings. The standard InChI is InChI=1S/C18H25N3O/c1-13-10-14(2)18-16(11-13)17(4-5-19-18)20-15(3)12-21-6-8-22-9-7-21/h4-5,10-11,15H,6-9,12H2,1-3H3,(H,19,20)/t15-/m1/s1. The first-order chi connectivity index (χ1) is 10.6. The third-order valence-electron chi connectivity index (χ3n) is 4.22. The van der Waals surface area contributed by atoms with Crippen molar-refractivity contribution in [1.82, 2.24) is 9.88 Å². The van der Waals surface area contributed by atoms with Crippen LogP contribution < -0.4 is 5.32 Å². The van der Waals surface area contributed by atoms with E-state index in [1.54, 1.807) is 0 Å². The molecule has 1 aromatic heterocycles. The molecule has 0 bridgehead atoms. The molecule has 1 saturated heterocycles. The lowest BCUT2D eigenvalue weighted by molar-refractivity contribution is 0.0368. The van der Waals surface area contributed by atoms with Gasteiger partial charge in [0.2, 0.25) is 0 Å². The van der Waals surface area contributed by atoms with Gasteiger partial charge >= 0.3 is 0 Å². The largest absolute Gasteiger partial charge is 0.381 e. The van der Waals surface area contributed by atoms with E-state index in [1.165, 1.54) is 22.2 Å². The Morgan fingerprint density at radius 2 is 2.05 bits per heavy atom. The summed E-state index contributed by atoms with van der Waals surface area (Å²) in [5.74, 6) is 0. The monoisotopic (exact) mass is 299 g/mol. The summed E-state index contributed by atoms with van der Waals surface area (Å²) in [6.45, 7) is 11.3. The van der Waals surface area contributed by atoms with Crippen molar-refractivity contribution < 1.29 is 4.74 Å². The first kappa shape index (κ1) is 15.3. The number of aryl methyl sites for hydroxylation is 2. The lowest BCUT2D eigenvalue weighted by Gasteiger charge is -2.30. The molecule has 1 N–H and O–H groups in total. The Labute approximate surface area is 132 Å². The van der Waals surface area contributed by atoms with Crippen LogP contribution in [0.4, 0.5) is 5.69 Å². The Morgan fingerprint density at radius 1 is 1.27 bits per heavy atom. The van der Waals surface area contributed by atoms with E-state index in [9.17, 15) is 0 Å². The van der Waals surface area contributed by atoms with Crippen molar-refractivity contribution in [2.24, 2.45) is 0 Å². The second kappa shape index (κ2) is 6.63. The van der Waals surface area contributed by atoms with Crippen molar-refractivity contribution in [3.63, 3.8) is 0 Å². The SMILES string of the molecule is Cc1cc(C)c2nccc(N[C@H](C)CN3CCOCC3)c2c1. The van der Waals surface area contributed by atoms with Gasteiger partial charge in [0.1, 0.15) is 0 Å². The number of aromatic nitrogens is 1. The summed E-state index contributed by atoms with van der Waals surface area (Å²) in [7, 11) is 0. The molecule has 4 heteroatoms. The van der Waals surface area contributed by atoms with Crippen molar-refractivity contribution in [2.75, 3.05) is 38.2 Å². The Morgan fingerprint density at radius 3 is 2.82 bits per heavy atom. The van der Waals surface area contributed by atoms with E-state index in [4.69, 9.17) is 4.74 Å². The molecule has 2 heterocycles. The fraction of sp³-hybridized carbons (Fsp3) is 0.500. The fourth-order valence-electron chi connectivity index (χ4n) is 3.22. The van der Waals surface area contributed by atoms with E-state index in [2.05, 4.69) is 54.2 Å². The summed E-state index contributed by atoms with van der Waals surface area (Å²) in [6, 6.07) is 6.89. The number of benzene rings is 1. The predicted molar refractivity (Wildman–Crippen MR) is 91.6 cm³/mol. The topological polar surface area (TPSA) is 37.4 Å². The first-order valence-electron chi connectivity index (χ1n) is 8.06. The quantitative estimate of drug-likeness (QED) is 0.942. The van der Waals surface area contributed by atoms with E-state index in [0.717, 1.165) is 38.4 Å². The van der Waals surface area contributed by atoms with Crippen molar-refractivity contribution in [3.8, 4) is 0 Å². The fourth-order valence-corrected chi connectivity index (χ4v) is 3.22. The summed E-state index contributed by atoms with van der Waals surface area (Å²) in [6.07, 6.45) is 1.90. The highest BCUT2D eigenvalue weighted by Crippen LogP contribution is 2.26. The highest BCUT2D eigenvalue weighted by atomic mass is 16.5. The molecule has 1 atom stereocenters. The molecule has 22 heavy (non-hydrogen) atoms. The normalized spacial score (nSPS) is 17.6. The van der Waals surface area contributed by atoms with E-state index in [1.807, 2.05) is 6.20 Å². The first-order valence-corrected chi connectivity index (χ1v) is 8.06. The Balaban J connectivity index is 1.78. The zero-order valence-corrected chi connectivity index (χ0v) is 13.7. The van der Waals surface area contributed by atoms with E-state index in [0.29, 0.717) is 6.04 Å². The zero-order chi connectivity index (χ0) is 15.5. The van der Waals surface area contributed by atoms with Gasteiger partial charge < -0.3 is 10.1 Å². The Kier molecular flexibility index (Phi) is 4.60. The summed E-state index contributed by atoms with van der Waals surface area (Å²) in [5, 5.41) is 4.88. The zero-order valence-electron chi connectivity index (χ0n) is 13.7. The second-order valence-electron chi connectivity index (χ2n) is 6.29. The number of nitrogens with one attached hydrogen (secondary N) is 1. The van der Waals surface area contributed by atoms with Crippen molar-refractivity contribution in [2.45, 2.75) is 26.8 Å². The highest BCUT2D eigenvalue weighted by Gasteiger charge is 2.14. The van der Waals surface area contributed by atoms with Gasteiger partial charge in [-0.1, -0.05) is 11.6 Å². The molecule has 118 valence electrons. The third kappa shape index (κ3) is 3.39. The van der Waals surface area contributed by atoms with Crippen LogP contribution in [0.5, 0.6) is 0 Å². The molecule has 1 aliphatic rings. The van der Waals surface area contributed by atoms with Crippen LogP contribution in [0.1, 0.15) is 18.1 Å². The molecule has 2 aromatic rings. The van der Waals surface area contributed by atoms with E-state index < -0.39 is 0 Å². The molecule has 0 unspecified atom stereocenters. The van der Waals surface area contributed by atoms with Crippen molar-refractivity contribution >= 4 is 16.6 Å². The third-order valence-corrected chi connectivity index (χ3v) is 4.22. The number of ether oxygens (including phenoxy) is 1. The number of hydrogen-bond acceptors (Lipinski definition) is 4. The van der Waals surface area contributed by atoms with Crippen LogP contribution in [-0.2, 0) is 4.74 Å². The minimum Gasteiger partial charge on any atom is -0.381 e. The van der Waals surface area contributed by atoms with E-state index in [-0.39, 0.29) is 0 Å². The minimum absolute atomic E-state index is 0.393. The van der Waals surface area contributed by atoms with Crippen LogP contribution in [0.25, 0.3) is 10.9 Å². The number of fused-ring (bicyclic) bond motifs is 1. The number of anilines is 1. The number of nitrogens with zero attached hydrogens (tertiary/aromatic N) is 2. The lowest BCUT2D eigenvalue weighted by Crippen LogP contribution is -2.42. The van der Waals surface area contributed by atoms with Gasteiger partial charge in [-0.3, -0.25) is 9.88 Å². The van der Waals surface area contributed by atoms with Crippen LogP contribution in [0.2, 0.25) is 0 Å². The molecule has 1 aliphatic heterocycles. The average molecular weight is 299 g/mol. The van der Waals surface area contributed by atoms with Crippen LogP contribution in [0, 0.1) is 13.8 Å². The number of morpholine rings is 1. The molecule has 0 radical (unpaired) electrons. The summed E-state index contributed by atoms with van der Waals surface area (Å²) in [4.78, 5) is 7.00. The van der Waals surface area contributed by atoms with Gasteiger partial charge in [0.05, 0.1) is 18.7 Å². The smallest absolute Gasteiger partial charge is 0.0752 e. The predicted octanol–water partition coefficient (Wildman–Crippen LogP) is 2.98. The molecule has 0 saturated carbocycles. The minimum atomic E-state index is 0.393. The van der Waals surface area contributed by atoms with Gasteiger partial charge in [-0.25, -0.2) is 0 Å². The van der Waals surface area contributed by atoms with Gasteiger partial charge in [0.15, 0.2) is 0 Å². The molecular formula is C18H25N3O. The van der Waals surface area contributed by atoms with Gasteiger partial charge in [-0.15, -0.1) is 0 Å². The maximum Gasteiger partial charge on any atom is 0.0752 e. The second-order valence-corrected chi connectivity index (χ2v) is 6.29. The van der Waals surface area contributed by atoms with Gasteiger partial charge in [-0.05, 0) is 38.5 Å². The van der Waals surface area contributed by atoms with Gasteiger partial charge in [-0.2, -0.15) is 0 Å². The molecule has 3 rings (SSSR count). The van der Waals surface area contributed by atoms with Crippen molar-refractivity contribution in [3.05, 3.63) is 35.5 Å². The molecule has 1 aromatic carbocycles. The Bertz CT molecular complexity index is 650. The summed E-state index contributed by atoms with van der Waals surface area (Å²) < 4.78 is 5.41. The molecule has 0 amide bonds. The van der Waals surface area contributed by atoms with E-state index >= 15 is 0 Å². The average Bonchev–Trinajstić information content (AvgIpc) is 2.49. The van der Waals surface area contributed by atoms with Gasteiger partial charge in [0, 0.05) is 42.9 Å². The number of pyridine rings is 1. The number of hydrogen-bond donors (Lipinski definition) is 1. The summed E-state index contributed by atoms with van der Waals surface area (Å²) >= 11 is 0. The maximum atomic E-state index is 5.41. The maximum absolute atomic E-state index is 5.41. The summed E-state index contributed by atoms with van der Waals surface area (Å²) in [5.41, 5.74) is 4.79. The lowest BCUT2D eigenvalue weighted by atomic mass is 10.1. The highest BCUT2D eigenvalue weighted by molar-refractivity contribution is 5.93. The molecule has 0 spiro atoms.